The summed E-state index contributed by atoms with van der Waals surface area (Å²) in [5.41, 5.74) is -3.79. The van der Waals surface area contributed by atoms with Crippen molar-refractivity contribution in [2.75, 3.05) is 0 Å². The molecule has 33 heavy (non-hydrogen) atoms. The highest BCUT2D eigenvalue weighted by molar-refractivity contribution is 6.68. The van der Waals surface area contributed by atoms with E-state index in [1.807, 2.05) is 125 Å². The lowest BCUT2D eigenvalue weighted by molar-refractivity contribution is -0.166. The van der Waals surface area contributed by atoms with Gasteiger partial charge in [-0.25, -0.2) is 0 Å². The van der Waals surface area contributed by atoms with E-state index in [9.17, 15) is 0 Å². The summed E-state index contributed by atoms with van der Waals surface area (Å²) in [5, 5.41) is 0. The topological polar surface area (TPSA) is 64.6 Å². The van der Waals surface area contributed by atoms with E-state index in [0.29, 0.717) is 0 Å². The van der Waals surface area contributed by atoms with Crippen LogP contribution in [-0.2, 0) is 30.7 Å². The van der Waals surface area contributed by atoms with E-state index in [4.69, 9.17) is 30.7 Å². The van der Waals surface area contributed by atoms with Crippen LogP contribution in [0.25, 0.3) is 0 Å². The first-order valence-electron chi connectivity index (χ1n) is 11.9. The van der Waals surface area contributed by atoms with Crippen molar-refractivity contribution in [2.45, 2.75) is 158 Å². The molecule has 0 amide bonds. The van der Waals surface area contributed by atoms with Crippen molar-refractivity contribution < 1.29 is 30.7 Å². The summed E-state index contributed by atoms with van der Waals surface area (Å²) in [4.78, 5) is 0. The highest BCUT2D eigenvalue weighted by atomic mass is 28.5. The predicted octanol–water partition coefficient (Wildman–Crippen LogP) is 6.76. The van der Waals surface area contributed by atoms with Crippen LogP contribution in [-0.4, -0.2) is 51.7 Å². The molecule has 0 aromatic carbocycles. The first kappa shape index (κ1) is 33.2. The number of hydrogen-bond donors (Lipinski definition) is 0. The minimum absolute atomic E-state index is 0.631. The molecule has 0 aliphatic rings. The summed E-state index contributed by atoms with van der Waals surface area (Å²) in [7, 11) is -7.90. The first-order valence-corrected chi connectivity index (χ1v) is 15.1. The van der Waals surface area contributed by atoms with Crippen LogP contribution >= 0.6 is 0 Å². The van der Waals surface area contributed by atoms with Crippen molar-refractivity contribution in [2.24, 2.45) is 0 Å². The average Bonchev–Trinajstić information content (AvgIpc) is 2.20. The average molecular weight is 511 g/mol. The Labute approximate surface area is 207 Å². The van der Waals surface area contributed by atoms with Crippen molar-refractivity contribution in [3.63, 3.8) is 0 Å². The maximum absolute atomic E-state index is 6.83. The van der Waals surface area contributed by atoms with Crippen LogP contribution in [0.5, 0.6) is 0 Å². The molecule has 0 aromatic rings. The minimum atomic E-state index is -3.95. The standard InChI is InChI=1S/C24H54O7Si2/c1-19(2,3)25-32(26-20(4,5)6,27-21(7,8)9)31-33(28-22(10,11)12,29-23(13,14)15)30-24(16,17)18/h1-18H3. The molecule has 0 spiro atoms. The van der Waals surface area contributed by atoms with Gasteiger partial charge in [0.15, 0.2) is 0 Å². The molecule has 0 bridgehead atoms. The molecule has 0 aromatic heterocycles. The van der Waals surface area contributed by atoms with E-state index in [0.717, 1.165) is 0 Å². The van der Waals surface area contributed by atoms with E-state index in [1.165, 1.54) is 0 Å². The van der Waals surface area contributed by atoms with Crippen LogP contribution < -0.4 is 0 Å². The van der Waals surface area contributed by atoms with Gasteiger partial charge in [-0.1, -0.05) is 0 Å². The van der Waals surface area contributed by atoms with E-state index in [-0.39, 0.29) is 0 Å². The van der Waals surface area contributed by atoms with E-state index in [1.54, 1.807) is 0 Å². The monoisotopic (exact) mass is 510 g/mol. The lowest BCUT2D eigenvalue weighted by Gasteiger charge is -2.47. The lowest BCUT2D eigenvalue weighted by atomic mass is 10.2. The third-order valence-corrected chi connectivity index (χ3v) is 10.0. The third-order valence-electron chi connectivity index (χ3n) is 2.84. The summed E-state index contributed by atoms with van der Waals surface area (Å²) >= 11 is 0. The second kappa shape index (κ2) is 10.3. The number of hydrogen-bond acceptors (Lipinski definition) is 7. The second-order valence-electron chi connectivity index (χ2n) is 14.4. The van der Waals surface area contributed by atoms with Gasteiger partial charge in [-0.3, -0.25) is 0 Å². The molecule has 0 saturated carbocycles. The largest absolute Gasteiger partial charge is 0.675 e. The Morgan fingerprint density at radius 1 is 0.273 bits per heavy atom. The van der Waals surface area contributed by atoms with Gasteiger partial charge >= 0.3 is 18.1 Å². The molecular formula is C24H54O7Si2. The molecule has 7 nitrogen and oxygen atoms in total. The quantitative estimate of drug-likeness (QED) is 0.334. The highest BCUT2D eigenvalue weighted by Gasteiger charge is 2.66. The summed E-state index contributed by atoms with van der Waals surface area (Å²) in [6.07, 6.45) is 0. The van der Waals surface area contributed by atoms with Crippen molar-refractivity contribution >= 4 is 18.1 Å². The normalized spacial score (nSPS) is 15.8. The van der Waals surface area contributed by atoms with Crippen molar-refractivity contribution in [3.05, 3.63) is 0 Å². The Bertz CT molecular complexity index is 474. The zero-order valence-electron chi connectivity index (χ0n) is 24.9. The Kier molecular flexibility index (Phi) is 10.3. The first-order chi connectivity index (χ1) is 13.9. The van der Waals surface area contributed by atoms with Crippen molar-refractivity contribution in [3.8, 4) is 0 Å². The summed E-state index contributed by atoms with van der Waals surface area (Å²) in [6, 6.07) is 0. The Morgan fingerprint density at radius 2 is 0.394 bits per heavy atom. The summed E-state index contributed by atoms with van der Waals surface area (Å²) in [5.74, 6) is 0. The molecular weight excluding hydrogens is 456 g/mol. The smallest absolute Gasteiger partial charge is 0.347 e. The van der Waals surface area contributed by atoms with Gasteiger partial charge in [0.05, 0.1) is 33.6 Å². The SMILES string of the molecule is CC(C)(C)O[Si](OC(C)(C)C)(OC(C)(C)C)O[Si](OC(C)(C)C)(OC(C)(C)C)OC(C)(C)C. The molecule has 0 fully saturated rings. The molecule has 0 rings (SSSR count). The van der Waals surface area contributed by atoms with E-state index >= 15 is 0 Å². The molecule has 200 valence electrons. The molecule has 9 heteroatoms. The van der Waals surface area contributed by atoms with Crippen molar-refractivity contribution in [1.29, 1.82) is 0 Å². The maximum Gasteiger partial charge on any atom is 0.675 e. The molecule has 0 aliphatic heterocycles. The zero-order valence-corrected chi connectivity index (χ0v) is 26.9. The predicted molar refractivity (Wildman–Crippen MR) is 138 cm³/mol. The number of rotatable bonds is 8. The molecule has 0 heterocycles. The fourth-order valence-corrected chi connectivity index (χ4v) is 9.63. The summed E-state index contributed by atoms with van der Waals surface area (Å²) in [6.45, 7) is 35.0. The van der Waals surface area contributed by atoms with Crippen LogP contribution in [0.1, 0.15) is 125 Å². The van der Waals surface area contributed by atoms with Gasteiger partial charge in [0.1, 0.15) is 0 Å². The molecule has 0 aliphatic carbocycles. The van der Waals surface area contributed by atoms with Gasteiger partial charge in [-0.2, -0.15) is 0 Å². The van der Waals surface area contributed by atoms with Crippen LogP contribution in [0.15, 0.2) is 0 Å². The molecule has 0 unspecified atom stereocenters. The van der Waals surface area contributed by atoms with Gasteiger partial charge < -0.3 is 30.7 Å². The second-order valence-corrected chi connectivity index (χ2v) is 18.4. The molecule has 0 atom stereocenters. The van der Waals surface area contributed by atoms with Gasteiger partial charge in [-0.05, 0) is 125 Å². The molecule has 0 N–H and O–H groups in total. The minimum Gasteiger partial charge on any atom is -0.347 e. The molecule has 0 radical (unpaired) electrons. The van der Waals surface area contributed by atoms with Crippen LogP contribution in [0, 0.1) is 0 Å². The Balaban J connectivity index is 7.07. The lowest BCUT2D eigenvalue weighted by Crippen LogP contribution is -2.69. The Morgan fingerprint density at radius 3 is 0.485 bits per heavy atom. The fourth-order valence-electron chi connectivity index (χ4n) is 2.65. The summed E-state index contributed by atoms with van der Waals surface area (Å²) < 4.78 is 46.1. The Hall–Kier alpha value is 0.154. The van der Waals surface area contributed by atoms with Gasteiger partial charge in [0, 0.05) is 0 Å². The van der Waals surface area contributed by atoms with Crippen molar-refractivity contribution in [1.82, 2.24) is 0 Å². The zero-order chi connectivity index (χ0) is 26.9. The van der Waals surface area contributed by atoms with Crippen LogP contribution in [0.4, 0.5) is 0 Å². The van der Waals surface area contributed by atoms with Gasteiger partial charge in [0.25, 0.3) is 0 Å². The third kappa shape index (κ3) is 16.5. The van der Waals surface area contributed by atoms with Crippen LogP contribution in [0.2, 0.25) is 0 Å². The molecule has 0 saturated heterocycles. The van der Waals surface area contributed by atoms with Gasteiger partial charge in [-0.15, -0.1) is 0 Å². The van der Waals surface area contributed by atoms with Gasteiger partial charge in [0.2, 0.25) is 0 Å². The van der Waals surface area contributed by atoms with E-state index < -0.39 is 51.7 Å². The highest BCUT2D eigenvalue weighted by Crippen LogP contribution is 2.37. The maximum atomic E-state index is 6.83. The van der Waals surface area contributed by atoms with E-state index in [2.05, 4.69) is 0 Å². The van der Waals surface area contributed by atoms with Crippen LogP contribution in [0.3, 0.4) is 0 Å². The fraction of sp³-hybridized carbons (Fsp3) is 1.00.